The molecular weight excluding hydrogens is 253 g/mol. The van der Waals surface area contributed by atoms with Gasteiger partial charge in [-0.2, -0.15) is 0 Å². The molecule has 0 spiro atoms. The van der Waals surface area contributed by atoms with Crippen molar-refractivity contribution in [2.75, 3.05) is 13.1 Å². The molecule has 1 saturated heterocycles. The van der Waals surface area contributed by atoms with Crippen molar-refractivity contribution in [2.24, 2.45) is 5.92 Å². The minimum atomic E-state index is -0.133. The molecule has 2 atom stereocenters. The maximum Gasteiger partial charge on any atom is 0.140 e. The van der Waals surface area contributed by atoms with Gasteiger partial charge in [0.15, 0.2) is 0 Å². The van der Waals surface area contributed by atoms with Gasteiger partial charge < -0.3 is 9.73 Å². The first-order valence-corrected chi connectivity index (χ1v) is 6.13. The highest BCUT2D eigenvalue weighted by molar-refractivity contribution is 5.85. The van der Waals surface area contributed by atoms with Crippen LogP contribution in [0.4, 0.5) is 4.39 Å². The molecule has 0 saturated carbocycles. The zero-order valence-corrected chi connectivity index (χ0v) is 11.1. The Morgan fingerprint density at radius 3 is 2.94 bits per heavy atom. The van der Waals surface area contributed by atoms with Crippen LogP contribution < -0.4 is 5.32 Å². The first-order valence-electron chi connectivity index (χ1n) is 6.13. The van der Waals surface area contributed by atoms with E-state index in [4.69, 9.17) is 4.42 Å². The molecule has 4 heteroatoms. The Hall–Kier alpha value is -1.06. The van der Waals surface area contributed by atoms with Crippen LogP contribution in [0, 0.1) is 11.7 Å². The highest BCUT2D eigenvalue weighted by Crippen LogP contribution is 2.36. The fourth-order valence-electron chi connectivity index (χ4n) is 2.82. The minimum Gasteiger partial charge on any atom is -0.464 e. The molecule has 2 aromatic rings. The number of rotatable bonds is 1. The molecule has 1 N–H and O–H groups in total. The second-order valence-electron chi connectivity index (χ2n) is 4.88. The van der Waals surface area contributed by atoms with Crippen molar-refractivity contribution in [3.05, 3.63) is 35.8 Å². The number of furan rings is 1. The van der Waals surface area contributed by atoms with Crippen molar-refractivity contribution in [1.82, 2.24) is 5.32 Å². The molecular formula is C14H17ClFNO. The van der Waals surface area contributed by atoms with Crippen LogP contribution in [0.15, 0.2) is 28.9 Å². The first-order chi connectivity index (χ1) is 8.27. The van der Waals surface area contributed by atoms with E-state index in [9.17, 15) is 4.39 Å². The number of halogens is 2. The number of hydrogen-bond acceptors (Lipinski definition) is 2. The smallest absolute Gasteiger partial charge is 0.140 e. The zero-order valence-electron chi connectivity index (χ0n) is 10.3. The fourth-order valence-corrected chi connectivity index (χ4v) is 2.82. The van der Waals surface area contributed by atoms with E-state index in [0.29, 0.717) is 5.92 Å². The summed E-state index contributed by atoms with van der Waals surface area (Å²) in [5.74, 6) is 0.561. The lowest BCUT2D eigenvalue weighted by atomic mass is 9.81. The van der Waals surface area contributed by atoms with E-state index in [0.717, 1.165) is 36.0 Å². The first kappa shape index (κ1) is 13.4. The molecule has 1 aromatic carbocycles. The van der Waals surface area contributed by atoms with Gasteiger partial charge in [-0.3, -0.25) is 0 Å². The average Bonchev–Trinajstić information content (AvgIpc) is 2.79. The standard InChI is InChI=1S/C14H16FNO.ClH/c1-9-8-16-6-4-11(9)13-12(15)3-2-10-5-7-17-14(10)13;/h2-3,5,7,9,11,16H,4,6,8H2,1H3;1H/t9-,11-;/m0./s1. The molecule has 18 heavy (non-hydrogen) atoms. The number of nitrogens with one attached hydrogen (secondary N) is 1. The highest BCUT2D eigenvalue weighted by atomic mass is 35.5. The summed E-state index contributed by atoms with van der Waals surface area (Å²) in [6.07, 6.45) is 2.61. The summed E-state index contributed by atoms with van der Waals surface area (Å²) in [6.45, 7) is 4.06. The van der Waals surface area contributed by atoms with Crippen LogP contribution >= 0.6 is 12.4 Å². The van der Waals surface area contributed by atoms with Gasteiger partial charge in [-0.25, -0.2) is 4.39 Å². The third-order valence-corrected chi connectivity index (χ3v) is 3.76. The van der Waals surface area contributed by atoms with Gasteiger partial charge in [0, 0.05) is 10.9 Å². The normalized spacial score (nSPS) is 23.9. The fraction of sp³-hybridized carbons (Fsp3) is 0.429. The SMILES string of the molecule is C[C@H]1CNCC[C@@H]1c1c(F)ccc2ccoc12.Cl. The number of hydrogen-bond donors (Lipinski definition) is 1. The maximum absolute atomic E-state index is 14.1. The Kier molecular flexibility index (Phi) is 3.93. The number of piperidine rings is 1. The second-order valence-corrected chi connectivity index (χ2v) is 4.88. The van der Waals surface area contributed by atoms with Crippen LogP contribution in [-0.4, -0.2) is 13.1 Å². The van der Waals surface area contributed by atoms with Gasteiger partial charge in [0.25, 0.3) is 0 Å². The number of benzene rings is 1. The van der Waals surface area contributed by atoms with Crippen molar-refractivity contribution < 1.29 is 8.81 Å². The van der Waals surface area contributed by atoms with Crippen LogP contribution in [0.3, 0.4) is 0 Å². The molecule has 98 valence electrons. The van der Waals surface area contributed by atoms with Crippen LogP contribution in [0.25, 0.3) is 11.0 Å². The molecule has 1 aromatic heterocycles. The Bertz CT molecular complexity index is 540. The monoisotopic (exact) mass is 269 g/mol. The molecule has 1 aliphatic heterocycles. The van der Waals surface area contributed by atoms with E-state index >= 15 is 0 Å². The van der Waals surface area contributed by atoms with E-state index in [-0.39, 0.29) is 24.1 Å². The van der Waals surface area contributed by atoms with Crippen LogP contribution in [-0.2, 0) is 0 Å². The molecule has 1 fully saturated rings. The lowest BCUT2D eigenvalue weighted by Gasteiger charge is -2.30. The largest absolute Gasteiger partial charge is 0.464 e. The molecule has 0 amide bonds. The van der Waals surface area contributed by atoms with Crippen molar-refractivity contribution in [3.8, 4) is 0 Å². The van der Waals surface area contributed by atoms with E-state index in [1.165, 1.54) is 0 Å². The van der Waals surface area contributed by atoms with Gasteiger partial charge in [0.1, 0.15) is 11.4 Å². The quantitative estimate of drug-likeness (QED) is 0.854. The van der Waals surface area contributed by atoms with Crippen molar-refractivity contribution in [3.63, 3.8) is 0 Å². The summed E-state index contributed by atoms with van der Waals surface area (Å²) in [7, 11) is 0. The summed E-state index contributed by atoms with van der Waals surface area (Å²) >= 11 is 0. The molecule has 0 unspecified atom stereocenters. The lowest BCUT2D eigenvalue weighted by Crippen LogP contribution is -2.34. The number of fused-ring (bicyclic) bond motifs is 1. The summed E-state index contributed by atoms with van der Waals surface area (Å²) in [4.78, 5) is 0. The summed E-state index contributed by atoms with van der Waals surface area (Å²) in [6, 6.07) is 5.23. The zero-order chi connectivity index (χ0) is 11.8. The van der Waals surface area contributed by atoms with Crippen molar-refractivity contribution in [2.45, 2.75) is 19.3 Å². The molecule has 0 aliphatic carbocycles. The Balaban J connectivity index is 0.00000120. The van der Waals surface area contributed by atoms with Gasteiger partial charge in [-0.15, -0.1) is 12.4 Å². The van der Waals surface area contributed by atoms with Gasteiger partial charge in [0.05, 0.1) is 6.26 Å². The predicted octanol–water partition coefficient (Wildman–Crippen LogP) is 3.71. The van der Waals surface area contributed by atoms with E-state index in [1.54, 1.807) is 18.4 Å². The topological polar surface area (TPSA) is 25.2 Å². The Labute approximate surface area is 112 Å². The predicted molar refractivity (Wildman–Crippen MR) is 72.8 cm³/mol. The van der Waals surface area contributed by atoms with Crippen molar-refractivity contribution >= 4 is 23.4 Å². The second kappa shape index (κ2) is 5.29. The maximum atomic E-state index is 14.1. The minimum absolute atomic E-state index is 0. The molecule has 1 aliphatic rings. The molecule has 3 rings (SSSR count). The summed E-state index contributed by atoms with van der Waals surface area (Å²) < 4.78 is 19.5. The van der Waals surface area contributed by atoms with E-state index < -0.39 is 0 Å². The van der Waals surface area contributed by atoms with Gasteiger partial charge in [-0.05, 0) is 49.5 Å². The van der Waals surface area contributed by atoms with Gasteiger partial charge in [0.2, 0.25) is 0 Å². The van der Waals surface area contributed by atoms with Crippen LogP contribution in [0.1, 0.15) is 24.8 Å². The van der Waals surface area contributed by atoms with Crippen LogP contribution in [0.5, 0.6) is 0 Å². The van der Waals surface area contributed by atoms with Gasteiger partial charge >= 0.3 is 0 Å². The summed E-state index contributed by atoms with van der Waals surface area (Å²) in [5, 5.41) is 4.34. The van der Waals surface area contributed by atoms with E-state index in [2.05, 4.69) is 12.2 Å². The van der Waals surface area contributed by atoms with Crippen molar-refractivity contribution in [1.29, 1.82) is 0 Å². The Morgan fingerprint density at radius 1 is 1.33 bits per heavy atom. The summed E-state index contributed by atoms with van der Waals surface area (Å²) in [5.41, 5.74) is 1.49. The molecule has 2 heterocycles. The molecule has 0 radical (unpaired) electrons. The average molecular weight is 270 g/mol. The highest BCUT2D eigenvalue weighted by Gasteiger charge is 2.27. The molecule has 2 nitrogen and oxygen atoms in total. The van der Waals surface area contributed by atoms with Crippen LogP contribution in [0.2, 0.25) is 0 Å². The van der Waals surface area contributed by atoms with Gasteiger partial charge in [-0.1, -0.05) is 6.92 Å². The molecule has 0 bridgehead atoms. The third kappa shape index (κ3) is 2.13. The Morgan fingerprint density at radius 2 is 2.17 bits per heavy atom. The third-order valence-electron chi connectivity index (χ3n) is 3.76. The van der Waals surface area contributed by atoms with E-state index in [1.807, 2.05) is 6.07 Å². The lowest BCUT2D eigenvalue weighted by molar-refractivity contribution is 0.341.